The van der Waals surface area contributed by atoms with Crippen LogP contribution in [0.1, 0.15) is 34.4 Å². The fourth-order valence-electron chi connectivity index (χ4n) is 3.54. The van der Waals surface area contributed by atoms with E-state index in [0.29, 0.717) is 22.8 Å². The minimum atomic E-state index is -4.44. The number of amides is 1. The molecule has 0 aromatic heterocycles. The first-order chi connectivity index (χ1) is 12.2. The lowest BCUT2D eigenvalue weighted by Gasteiger charge is -2.22. The third kappa shape index (κ3) is 2.93. The number of benzene rings is 2. The third-order valence-electron chi connectivity index (χ3n) is 5.15. The number of hydrogen-bond acceptors (Lipinski definition) is 1. The molecule has 2 nitrogen and oxygen atoms in total. The van der Waals surface area contributed by atoms with E-state index in [1.165, 1.54) is 11.0 Å². The van der Waals surface area contributed by atoms with Gasteiger partial charge in [-0.25, -0.2) is 0 Å². The van der Waals surface area contributed by atoms with Gasteiger partial charge >= 0.3 is 6.18 Å². The molecule has 2 aromatic carbocycles. The molecular weight excluding hydrogens is 431 g/mol. The summed E-state index contributed by atoms with van der Waals surface area (Å²) in [5.41, 5.74) is 1.02. The summed E-state index contributed by atoms with van der Waals surface area (Å²) in [7, 11) is 0. The van der Waals surface area contributed by atoms with Crippen LogP contribution in [0.4, 0.5) is 18.9 Å². The number of fused-ring (bicyclic) bond motifs is 2. The van der Waals surface area contributed by atoms with Crippen LogP contribution in [0, 0.1) is 0 Å². The average Bonchev–Trinajstić information content (AvgIpc) is 3.31. The summed E-state index contributed by atoms with van der Waals surface area (Å²) in [6.45, 7) is 0.429. The number of nitrogens with zero attached hydrogens (tertiary/aromatic N) is 1. The van der Waals surface area contributed by atoms with Crippen molar-refractivity contribution in [2.24, 2.45) is 0 Å². The Morgan fingerprint density at radius 1 is 1.15 bits per heavy atom. The van der Waals surface area contributed by atoms with Gasteiger partial charge in [0.05, 0.1) is 5.56 Å². The van der Waals surface area contributed by atoms with E-state index >= 15 is 0 Å². The van der Waals surface area contributed by atoms with Gasteiger partial charge in [-0.2, -0.15) is 13.2 Å². The van der Waals surface area contributed by atoms with Gasteiger partial charge in [-0.15, -0.1) is 0 Å². The van der Waals surface area contributed by atoms with Crippen LogP contribution in [0.3, 0.4) is 0 Å². The molecule has 1 heterocycles. The second kappa shape index (κ2) is 5.99. The van der Waals surface area contributed by atoms with Crippen molar-refractivity contribution in [2.45, 2.75) is 29.3 Å². The van der Waals surface area contributed by atoms with Gasteiger partial charge in [0.25, 0.3) is 0 Å². The number of carbonyl (C=O) groups is 1. The molecule has 2 aliphatic rings. The van der Waals surface area contributed by atoms with Crippen molar-refractivity contribution in [3.05, 3.63) is 64.2 Å². The van der Waals surface area contributed by atoms with Crippen molar-refractivity contribution in [3.8, 4) is 0 Å². The van der Waals surface area contributed by atoms with Gasteiger partial charge in [0.15, 0.2) is 0 Å². The second-order valence-electron chi connectivity index (χ2n) is 6.85. The first-order valence-electron chi connectivity index (χ1n) is 8.14. The average molecular weight is 445 g/mol. The fraction of sp³-hybridized carbons (Fsp3) is 0.316. The van der Waals surface area contributed by atoms with Crippen molar-refractivity contribution in [1.29, 1.82) is 0 Å². The highest BCUT2D eigenvalue weighted by molar-refractivity contribution is 9.09. The molecule has 1 unspecified atom stereocenters. The van der Waals surface area contributed by atoms with Crippen LogP contribution >= 0.6 is 27.5 Å². The van der Waals surface area contributed by atoms with Crippen LogP contribution in [-0.2, 0) is 16.4 Å². The Labute approximate surface area is 162 Å². The van der Waals surface area contributed by atoms with E-state index in [1.807, 2.05) is 0 Å². The smallest absolute Gasteiger partial charge is 0.310 e. The predicted octanol–water partition coefficient (Wildman–Crippen LogP) is 5.87. The summed E-state index contributed by atoms with van der Waals surface area (Å²) < 4.78 is 39.4. The minimum absolute atomic E-state index is 0.179. The van der Waals surface area contributed by atoms with E-state index in [0.717, 1.165) is 30.5 Å². The van der Waals surface area contributed by atoms with Crippen molar-refractivity contribution < 1.29 is 18.0 Å². The molecule has 4 rings (SSSR count). The number of hydrogen-bond donors (Lipinski definition) is 0. The Morgan fingerprint density at radius 3 is 2.38 bits per heavy atom. The lowest BCUT2D eigenvalue weighted by molar-refractivity contribution is -0.137. The van der Waals surface area contributed by atoms with E-state index < -0.39 is 16.6 Å². The zero-order valence-electron chi connectivity index (χ0n) is 13.5. The Bertz CT molecular complexity index is 877. The van der Waals surface area contributed by atoms with E-state index in [1.54, 1.807) is 24.3 Å². The van der Waals surface area contributed by atoms with Gasteiger partial charge in [-0.1, -0.05) is 45.7 Å². The monoisotopic (exact) mass is 443 g/mol. The summed E-state index contributed by atoms with van der Waals surface area (Å²) in [6, 6.07) is 10.6. The Kier molecular flexibility index (Phi) is 4.12. The van der Waals surface area contributed by atoms with Crippen LogP contribution < -0.4 is 4.90 Å². The van der Waals surface area contributed by atoms with Crippen LogP contribution in [-0.4, -0.2) is 12.5 Å². The molecule has 0 N–H and O–H groups in total. The maximum Gasteiger partial charge on any atom is 0.416 e. The van der Waals surface area contributed by atoms with Gasteiger partial charge in [0.2, 0.25) is 5.91 Å². The molecular formula is C19H14BrClF3NO. The summed E-state index contributed by atoms with van der Waals surface area (Å²) in [6.07, 6.45) is -2.65. The predicted molar refractivity (Wildman–Crippen MR) is 97.8 cm³/mol. The molecule has 7 heteroatoms. The van der Waals surface area contributed by atoms with Crippen LogP contribution in [0.15, 0.2) is 42.5 Å². The SMILES string of the molecule is O=C(C(Br)c1ccc(Cl)cc1)N1CC2(CC2)c2ccc(C(F)(F)F)cc21. The van der Waals surface area contributed by atoms with Crippen molar-refractivity contribution >= 4 is 39.1 Å². The quantitative estimate of drug-likeness (QED) is 0.530. The largest absolute Gasteiger partial charge is 0.416 e. The summed E-state index contributed by atoms with van der Waals surface area (Å²) in [5, 5.41) is 0.555. The maximum absolute atomic E-state index is 13.1. The highest BCUT2D eigenvalue weighted by Crippen LogP contribution is 2.57. The summed E-state index contributed by atoms with van der Waals surface area (Å²) in [5.74, 6) is -0.267. The van der Waals surface area contributed by atoms with Crippen molar-refractivity contribution in [3.63, 3.8) is 0 Å². The zero-order chi connectivity index (χ0) is 18.7. The third-order valence-corrected chi connectivity index (χ3v) is 6.32. The van der Waals surface area contributed by atoms with Gasteiger partial charge in [0.1, 0.15) is 4.83 Å². The fourth-order valence-corrected chi connectivity index (χ4v) is 4.22. The minimum Gasteiger partial charge on any atom is -0.310 e. The highest BCUT2D eigenvalue weighted by Gasteiger charge is 2.54. The van der Waals surface area contributed by atoms with Gasteiger partial charge < -0.3 is 4.90 Å². The molecule has 0 bridgehead atoms. The van der Waals surface area contributed by atoms with Gasteiger partial charge in [-0.05, 0) is 48.2 Å². The zero-order valence-corrected chi connectivity index (χ0v) is 15.8. The topological polar surface area (TPSA) is 20.3 Å². The van der Waals surface area contributed by atoms with Crippen molar-refractivity contribution in [1.82, 2.24) is 0 Å². The van der Waals surface area contributed by atoms with E-state index in [4.69, 9.17) is 11.6 Å². The van der Waals surface area contributed by atoms with E-state index in [-0.39, 0.29) is 11.3 Å². The Balaban J connectivity index is 1.70. The molecule has 1 aliphatic carbocycles. The van der Waals surface area contributed by atoms with Crippen LogP contribution in [0.2, 0.25) is 5.02 Å². The molecule has 1 aliphatic heterocycles. The molecule has 0 radical (unpaired) electrons. The molecule has 1 spiro atoms. The standard InChI is InChI=1S/C19H14BrClF3NO/c20-16(11-1-4-13(21)5-2-11)17(26)25-10-18(7-8-18)14-6-3-12(9-15(14)25)19(22,23)24/h1-6,9,16H,7-8,10H2. The van der Waals surface area contributed by atoms with E-state index in [2.05, 4.69) is 15.9 Å². The molecule has 1 fully saturated rings. The first kappa shape index (κ1) is 17.9. The normalized spacial score (nSPS) is 18.7. The number of rotatable bonds is 2. The Hall–Kier alpha value is -1.53. The van der Waals surface area contributed by atoms with Gasteiger partial charge in [0, 0.05) is 22.7 Å². The lowest BCUT2D eigenvalue weighted by atomic mass is 9.97. The Morgan fingerprint density at radius 2 is 1.81 bits per heavy atom. The molecule has 1 saturated carbocycles. The number of carbonyl (C=O) groups excluding carboxylic acids is 1. The molecule has 136 valence electrons. The summed E-state index contributed by atoms with van der Waals surface area (Å²) >= 11 is 9.28. The lowest BCUT2D eigenvalue weighted by Crippen LogP contribution is -2.34. The van der Waals surface area contributed by atoms with Crippen LogP contribution in [0.5, 0.6) is 0 Å². The molecule has 1 atom stereocenters. The number of anilines is 1. The second-order valence-corrected chi connectivity index (χ2v) is 8.20. The molecule has 2 aromatic rings. The van der Waals surface area contributed by atoms with Gasteiger partial charge in [-0.3, -0.25) is 4.79 Å². The summed E-state index contributed by atoms with van der Waals surface area (Å²) in [4.78, 5) is 13.9. The van der Waals surface area contributed by atoms with Crippen molar-refractivity contribution in [2.75, 3.05) is 11.4 Å². The molecule has 1 amide bonds. The number of halogens is 5. The molecule has 26 heavy (non-hydrogen) atoms. The molecule has 0 saturated heterocycles. The first-order valence-corrected chi connectivity index (χ1v) is 9.43. The van der Waals surface area contributed by atoms with Crippen LogP contribution in [0.25, 0.3) is 0 Å². The highest BCUT2D eigenvalue weighted by atomic mass is 79.9. The number of alkyl halides is 4. The van der Waals surface area contributed by atoms with E-state index in [9.17, 15) is 18.0 Å². The maximum atomic E-state index is 13.1.